The summed E-state index contributed by atoms with van der Waals surface area (Å²) in [6.45, 7) is 10.1. The van der Waals surface area contributed by atoms with Gasteiger partial charge in [0.25, 0.3) is 0 Å². The first-order valence-corrected chi connectivity index (χ1v) is 7.60. The number of aliphatic imine (C=N–C) groups is 1. The van der Waals surface area contributed by atoms with E-state index in [1.165, 1.54) is 0 Å². The Bertz CT molecular complexity index is 533. The van der Waals surface area contributed by atoms with Gasteiger partial charge in [0.1, 0.15) is 5.60 Å². The fourth-order valence-electron chi connectivity index (χ4n) is 1.71. The average Bonchev–Trinajstić information content (AvgIpc) is 2.43. The van der Waals surface area contributed by atoms with Crippen molar-refractivity contribution in [2.75, 3.05) is 0 Å². The van der Waals surface area contributed by atoms with E-state index in [1.54, 1.807) is 12.1 Å². The molecule has 0 saturated heterocycles. The van der Waals surface area contributed by atoms with Gasteiger partial charge in [-0.15, -0.1) is 0 Å². The lowest BCUT2D eigenvalue weighted by molar-refractivity contribution is 0.00694. The van der Waals surface area contributed by atoms with Crippen LogP contribution in [-0.4, -0.2) is 23.6 Å². The highest BCUT2D eigenvalue weighted by Gasteiger charge is 2.17. The number of nitrogens with one attached hydrogen (secondary N) is 1. The topological polar surface area (TPSA) is 76.7 Å². The zero-order chi connectivity index (χ0) is 16.8. The van der Waals surface area contributed by atoms with Crippen LogP contribution in [0.15, 0.2) is 29.3 Å². The van der Waals surface area contributed by atoms with Crippen molar-refractivity contribution in [1.82, 2.24) is 5.32 Å². The second-order valence-electron chi connectivity index (χ2n) is 6.36. The molecule has 1 aromatic rings. The number of hydrogen-bond acceptors (Lipinski definition) is 3. The standard InChI is InChI=1S/C17H27N3O2/c1-6-12(2)20-16(18)19-11-13-8-7-9-14(10-13)15(21)22-17(3,4)5/h7-10,12H,6,11H2,1-5H3,(H3,18,19,20). The molecule has 0 aliphatic carbocycles. The summed E-state index contributed by atoms with van der Waals surface area (Å²) in [7, 11) is 0. The Morgan fingerprint density at radius 2 is 2.09 bits per heavy atom. The molecule has 0 heterocycles. The molecule has 0 aromatic heterocycles. The molecule has 0 saturated carbocycles. The number of rotatable bonds is 5. The molecule has 0 radical (unpaired) electrons. The molecule has 1 aromatic carbocycles. The van der Waals surface area contributed by atoms with Crippen LogP contribution in [0.5, 0.6) is 0 Å². The first-order valence-electron chi connectivity index (χ1n) is 7.60. The largest absolute Gasteiger partial charge is 0.456 e. The van der Waals surface area contributed by atoms with Gasteiger partial charge in [-0.25, -0.2) is 9.79 Å². The van der Waals surface area contributed by atoms with Gasteiger partial charge in [-0.2, -0.15) is 0 Å². The maximum absolute atomic E-state index is 12.0. The number of ether oxygens (including phenoxy) is 1. The fourth-order valence-corrected chi connectivity index (χ4v) is 1.71. The smallest absolute Gasteiger partial charge is 0.338 e. The van der Waals surface area contributed by atoms with Crippen LogP contribution in [0.3, 0.4) is 0 Å². The van der Waals surface area contributed by atoms with Gasteiger partial charge >= 0.3 is 5.97 Å². The lowest BCUT2D eigenvalue weighted by atomic mass is 10.1. The Kier molecular flexibility index (Phi) is 6.40. The summed E-state index contributed by atoms with van der Waals surface area (Å²) in [6.07, 6.45) is 0.977. The molecule has 122 valence electrons. The van der Waals surface area contributed by atoms with Crippen molar-refractivity contribution < 1.29 is 9.53 Å². The van der Waals surface area contributed by atoms with Crippen LogP contribution >= 0.6 is 0 Å². The van der Waals surface area contributed by atoms with Crippen LogP contribution in [0.4, 0.5) is 0 Å². The van der Waals surface area contributed by atoms with Gasteiger partial charge in [0, 0.05) is 6.04 Å². The Balaban J connectivity index is 2.72. The minimum atomic E-state index is -0.504. The molecular weight excluding hydrogens is 278 g/mol. The lowest BCUT2D eigenvalue weighted by Crippen LogP contribution is -2.38. The summed E-state index contributed by atoms with van der Waals surface area (Å²) in [4.78, 5) is 16.3. The van der Waals surface area contributed by atoms with E-state index in [9.17, 15) is 4.79 Å². The van der Waals surface area contributed by atoms with Crippen molar-refractivity contribution in [2.24, 2.45) is 10.7 Å². The van der Waals surface area contributed by atoms with Crippen LogP contribution in [-0.2, 0) is 11.3 Å². The third-order valence-corrected chi connectivity index (χ3v) is 3.00. The molecule has 0 spiro atoms. The van der Waals surface area contributed by atoms with Crippen molar-refractivity contribution >= 4 is 11.9 Å². The molecule has 5 heteroatoms. The Hall–Kier alpha value is -2.04. The first kappa shape index (κ1) is 18.0. The minimum absolute atomic E-state index is 0.289. The Morgan fingerprint density at radius 1 is 1.41 bits per heavy atom. The van der Waals surface area contributed by atoms with E-state index < -0.39 is 5.60 Å². The van der Waals surface area contributed by atoms with Crippen LogP contribution in [0.25, 0.3) is 0 Å². The van der Waals surface area contributed by atoms with Gasteiger partial charge in [-0.3, -0.25) is 0 Å². The summed E-state index contributed by atoms with van der Waals surface area (Å²) in [5.74, 6) is 0.0843. The highest BCUT2D eigenvalue weighted by atomic mass is 16.6. The molecule has 0 amide bonds. The van der Waals surface area contributed by atoms with Crippen molar-refractivity contribution in [2.45, 2.75) is 59.2 Å². The Morgan fingerprint density at radius 3 is 2.68 bits per heavy atom. The molecule has 0 bridgehead atoms. The third kappa shape index (κ3) is 6.61. The number of esters is 1. The van der Waals surface area contributed by atoms with Gasteiger partial charge in [0.05, 0.1) is 12.1 Å². The molecule has 22 heavy (non-hydrogen) atoms. The second kappa shape index (κ2) is 7.82. The first-order chi connectivity index (χ1) is 10.2. The van der Waals surface area contributed by atoms with Crippen molar-refractivity contribution in [3.8, 4) is 0 Å². The summed E-state index contributed by atoms with van der Waals surface area (Å²) < 4.78 is 5.36. The van der Waals surface area contributed by atoms with Crippen molar-refractivity contribution in [3.05, 3.63) is 35.4 Å². The quantitative estimate of drug-likeness (QED) is 0.498. The van der Waals surface area contributed by atoms with Crippen LogP contribution in [0.2, 0.25) is 0 Å². The predicted octanol–water partition coefficient (Wildman–Crippen LogP) is 2.84. The third-order valence-electron chi connectivity index (χ3n) is 3.00. The molecular formula is C17H27N3O2. The van der Waals surface area contributed by atoms with Crippen LogP contribution in [0.1, 0.15) is 57.0 Å². The summed E-state index contributed by atoms with van der Waals surface area (Å²) in [5.41, 5.74) is 6.76. The van der Waals surface area contributed by atoms with Gasteiger partial charge < -0.3 is 15.8 Å². The maximum atomic E-state index is 12.0. The number of benzene rings is 1. The summed E-state index contributed by atoms with van der Waals surface area (Å²) in [6, 6.07) is 7.55. The molecule has 1 unspecified atom stereocenters. The number of nitrogens with two attached hydrogens (primary N) is 1. The molecule has 1 atom stereocenters. The Labute approximate surface area is 133 Å². The van der Waals surface area contributed by atoms with Crippen LogP contribution in [0, 0.1) is 0 Å². The zero-order valence-corrected chi connectivity index (χ0v) is 14.1. The molecule has 0 aliphatic heterocycles. The van der Waals surface area contributed by atoms with Gasteiger partial charge in [0.2, 0.25) is 0 Å². The molecule has 0 aliphatic rings. The number of carbonyl (C=O) groups is 1. The summed E-state index contributed by atoms with van der Waals surface area (Å²) >= 11 is 0. The number of nitrogens with zero attached hydrogens (tertiary/aromatic N) is 1. The number of guanidine groups is 1. The highest BCUT2D eigenvalue weighted by molar-refractivity contribution is 5.89. The SMILES string of the molecule is CCC(C)NC(N)=NCc1cccc(C(=O)OC(C)(C)C)c1. The summed E-state index contributed by atoms with van der Waals surface area (Å²) in [5, 5.41) is 3.10. The molecule has 5 nitrogen and oxygen atoms in total. The molecule has 0 fully saturated rings. The molecule has 1 rings (SSSR count). The number of carbonyl (C=O) groups excluding carboxylic acids is 1. The van der Waals surface area contributed by atoms with Gasteiger partial charge in [-0.05, 0) is 51.8 Å². The van der Waals surface area contributed by atoms with E-state index in [1.807, 2.05) is 39.8 Å². The monoisotopic (exact) mass is 305 g/mol. The van der Waals surface area contributed by atoms with Gasteiger partial charge in [-0.1, -0.05) is 19.1 Å². The zero-order valence-electron chi connectivity index (χ0n) is 14.1. The number of hydrogen-bond donors (Lipinski definition) is 2. The lowest BCUT2D eigenvalue weighted by Gasteiger charge is -2.19. The van der Waals surface area contributed by atoms with E-state index >= 15 is 0 Å². The van der Waals surface area contributed by atoms with E-state index in [2.05, 4.69) is 17.2 Å². The van der Waals surface area contributed by atoms with Crippen LogP contribution < -0.4 is 11.1 Å². The molecule has 3 N–H and O–H groups in total. The predicted molar refractivity (Wildman–Crippen MR) is 89.8 cm³/mol. The van der Waals surface area contributed by atoms with E-state index in [-0.39, 0.29) is 12.0 Å². The van der Waals surface area contributed by atoms with Crippen molar-refractivity contribution in [3.63, 3.8) is 0 Å². The maximum Gasteiger partial charge on any atom is 0.338 e. The average molecular weight is 305 g/mol. The minimum Gasteiger partial charge on any atom is -0.456 e. The highest BCUT2D eigenvalue weighted by Crippen LogP contribution is 2.13. The van der Waals surface area contributed by atoms with Gasteiger partial charge in [0.15, 0.2) is 5.96 Å². The van der Waals surface area contributed by atoms with E-state index in [0.717, 1.165) is 12.0 Å². The van der Waals surface area contributed by atoms with E-state index in [0.29, 0.717) is 18.1 Å². The van der Waals surface area contributed by atoms with Crippen molar-refractivity contribution in [1.29, 1.82) is 0 Å². The fraction of sp³-hybridized carbons (Fsp3) is 0.529. The second-order valence-corrected chi connectivity index (χ2v) is 6.36. The van der Waals surface area contributed by atoms with E-state index in [4.69, 9.17) is 10.5 Å². The normalized spacial score (nSPS) is 13.6.